The number of carbonyl (C=O) groups excluding carboxylic acids is 2. The first-order valence-corrected chi connectivity index (χ1v) is 9.61. The molecule has 4 N–H and O–H groups in total. The molecule has 0 aliphatic carbocycles. The first-order valence-electron chi connectivity index (χ1n) is 9.61. The minimum absolute atomic E-state index is 0.0452. The largest absolute Gasteiger partial charge is 0.370 e. The highest BCUT2D eigenvalue weighted by Gasteiger charge is 2.20. The normalized spacial score (nSPS) is 12.3. The minimum atomic E-state index is -0.195. The van der Waals surface area contributed by atoms with E-state index in [0.717, 1.165) is 12.8 Å². The van der Waals surface area contributed by atoms with E-state index in [1.807, 2.05) is 0 Å². The smallest absolute Gasteiger partial charge is 0.217 e. The van der Waals surface area contributed by atoms with Crippen LogP contribution in [0.5, 0.6) is 0 Å². The summed E-state index contributed by atoms with van der Waals surface area (Å²) in [6, 6.07) is 0. The fraction of sp³-hybridized carbons (Fsp3) is 0.900. The van der Waals surface area contributed by atoms with E-state index in [4.69, 9.17) is 11.5 Å². The van der Waals surface area contributed by atoms with Gasteiger partial charge in [0.2, 0.25) is 11.8 Å². The molecule has 0 spiro atoms. The number of hydrogen-bond acceptors (Lipinski definition) is 2. The van der Waals surface area contributed by atoms with Gasteiger partial charge in [0.1, 0.15) is 0 Å². The summed E-state index contributed by atoms with van der Waals surface area (Å²) in [5, 5.41) is 0. The fourth-order valence-electron chi connectivity index (χ4n) is 3.39. The molecule has 0 aromatic heterocycles. The average molecular weight is 341 g/mol. The molecule has 2 amide bonds. The van der Waals surface area contributed by atoms with Gasteiger partial charge in [-0.1, -0.05) is 79.1 Å². The molecule has 0 unspecified atom stereocenters. The van der Waals surface area contributed by atoms with Crippen LogP contribution in [0.3, 0.4) is 0 Å². The number of hydrogen-bond donors (Lipinski definition) is 2. The number of amides is 2. The van der Waals surface area contributed by atoms with Gasteiger partial charge in [-0.15, -0.1) is 0 Å². The standard InChI is InChI=1S/C20H40N2O2/c1-19(2,15-17(21)23)13-11-9-7-5-6-8-10-12-14-20(3,4)16-18(22)24/h5-16H2,1-4H3,(H2,21,23)(H2,22,24). The molecule has 0 saturated heterocycles. The van der Waals surface area contributed by atoms with Crippen LogP contribution in [0.25, 0.3) is 0 Å². The molecule has 0 saturated carbocycles. The Kier molecular flexibility index (Phi) is 11.0. The van der Waals surface area contributed by atoms with Crippen LogP contribution in [-0.2, 0) is 9.59 Å². The summed E-state index contributed by atoms with van der Waals surface area (Å²) in [6.07, 6.45) is 13.1. The van der Waals surface area contributed by atoms with Crippen LogP contribution in [-0.4, -0.2) is 11.8 Å². The molecule has 0 fully saturated rings. The Labute approximate surface area is 149 Å². The molecule has 0 rings (SSSR count). The topological polar surface area (TPSA) is 86.2 Å². The van der Waals surface area contributed by atoms with Gasteiger partial charge >= 0.3 is 0 Å². The maximum Gasteiger partial charge on any atom is 0.217 e. The second kappa shape index (κ2) is 11.5. The zero-order chi connectivity index (χ0) is 18.6. The van der Waals surface area contributed by atoms with Gasteiger partial charge in [-0.3, -0.25) is 9.59 Å². The van der Waals surface area contributed by atoms with Gasteiger partial charge in [0.25, 0.3) is 0 Å². The van der Waals surface area contributed by atoms with Gasteiger partial charge in [0.05, 0.1) is 0 Å². The number of carbonyl (C=O) groups is 2. The molecule has 0 aromatic carbocycles. The highest BCUT2D eigenvalue weighted by molar-refractivity contribution is 5.74. The SMILES string of the molecule is CC(C)(CCCCCCCCCCC(C)(C)CC(N)=O)CC(N)=O. The first kappa shape index (κ1) is 22.9. The predicted octanol–water partition coefficient (Wildman–Crippen LogP) is 4.69. The highest BCUT2D eigenvalue weighted by atomic mass is 16.1. The Bertz CT molecular complexity index is 340. The molecule has 24 heavy (non-hydrogen) atoms. The summed E-state index contributed by atoms with van der Waals surface area (Å²) >= 11 is 0. The fourth-order valence-corrected chi connectivity index (χ4v) is 3.39. The van der Waals surface area contributed by atoms with Gasteiger partial charge in [-0.25, -0.2) is 0 Å². The summed E-state index contributed by atoms with van der Waals surface area (Å²) in [4.78, 5) is 22.0. The van der Waals surface area contributed by atoms with Crippen molar-refractivity contribution < 1.29 is 9.59 Å². The molecular formula is C20H40N2O2. The van der Waals surface area contributed by atoms with E-state index in [2.05, 4.69) is 27.7 Å². The molecule has 0 aliphatic rings. The minimum Gasteiger partial charge on any atom is -0.370 e. The van der Waals surface area contributed by atoms with Gasteiger partial charge in [-0.05, 0) is 23.7 Å². The lowest BCUT2D eigenvalue weighted by molar-refractivity contribution is -0.120. The first-order chi connectivity index (χ1) is 11.0. The summed E-state index contributed by atoms with van der Waals surface area (Å²) in [6.45, 7) is 8.49. The molecule has 4 nitrogen and oxygen atoms in total. The van der Waals surface area contributed by atoms with Crippen molar-refractivity contribution >= 4 is 11.8 Å². The molecular weight excluding hydrogens is 300 g/mol. The maximum atomic E-state index is 11.0. The summed E-state index contributed by atoms with van der Waals surface area (Å²) in [7, 11) is 0. The molecule has 0 atom stereocenters. The number of rotatable bonds is 15. The molecule has 0 aliphatic heterocycles. The molecule has 0 heterocycles. The van der Waals surface area contributed by atoms with Gasteiger partial charge in [-0.2, -0.15) is 0 Å². The van der Waals surface area contributed by atoms with Crippen molar-refractivity contribution in [3.05, 3.63) is 0 Å². The van der Waals surface area contributed by atoms with Crippen molar-refractivity contribution in [2.75, 3.05) is 0 Å². The van der Waals surface area contributed by atoms with Crippen LogP contribution >= 0.6 is 0 Å². The third-order valence-electron chi connectivity index (χ3n) is 4.76. The maximum absolute atomic E-state index is 11.0. The van der Waals surface area contributed by atoms with Crippen LogP contribution in [0.4, 0.5) is 0 Å². The number of primary amides is 2. The zero-order valence-electron chi connectivity index (χ0n) is 16.5. The van der Waals surface area contributed by atoms with Crippen molar-refractivity contribution in [2.45, 2.75) is 105 Å². The van der Waals surface area contributed by atoms with Crippen molar-refractivity contribution in [3.63, 3.8) is 0 Å². The predicted molar refractivity (Wildman–Crippen MR) is 101 cm³/mol. The van der Waals surface area contributed by atoms with Crippen molar-refractivity contribution in [1.29, 1.82) is 0 Å². The Morgan fingerprint density at radius 2 is 0.833 bits per heavy atom. The van der Waals surface area contributed by atoms with Crippen molar-refractivity contribution in [2.24, 2.45) is 22.3 Å². The van der Waals surface area contributed by atoms with E-state index < -0.39 is 0 Å². The Morgan fingerprint density at radius 3 is 1.08 bits per heavy atom. The molecule has 0 bridgehead atoms. The van der Waals surface area contributed by atoms with E-state index in [1.165, 1.54) is 51.4 Å². The quantitative estimate of drug-likeness (QED) is 0.424. The van der Waals surface area contributed by atoms with Crippen LogP contribution in [0.1, 0.15) is 105 Å². The van der Waals surface area contributed by atoms with Gasteiger partial charge in [0, 0.05) is 12.8 Å². The summed E-state index contributed by atoms with van der Waals surface area (Å²) in [5.41, 5.74) is 10.6. The van der Waals surface area contributed by atoms with E-state index >= 15 is 0 Å². The average Bonchev–Trinajstić information content (AvgIpc) is 2.37. The molecule has 0 aromatic rings. The third kappa shape index (κ3) is 14.5. The molecule has 142 valence electrons. The molecule has 4 heteroatoms. The van der Waals surface area contributed by atoms with Gasteiger partial charge < -0.3 is 11.5 Å². The summed E-state index contributed by atoms with van der Waals surface area (Å²) < 4.78 is 0. The van der Waals surface area contributed by atoms with Crippen LogP contribution in [0, 0.1) is 10.8 Å². The second-order valence-corrected chi connectivity index (χ2v) is 8.94. The summed E-state index contributed by atoms with van der Waals surface area (Å²) in [5.74, 6) is -0.391. The van der Waals surface area contributed by atoms with Crippen molar-refractivity contribution in [1.82, 2.24) is 0 Å². The van der Waals surface area contributed by atoms with Gasteiger partial charge in [0.15, 0.2) is 0 Å². The van der Waals surface area contributed by atoms with Crippen LogP contribution < -0.4 is 11.5 Å². The lowest BCUT2D eigenvalue weighted by atomic mass is 9.83. The third-order valence-corrected chi connectivity index (χ3v) is 4.76. The Hall–Kier alpha value is -1.06. The second-order valence-electron chi connectivity index (χ2n) is 8.94. The monoisotopic (exact) mass is 340 g/mol. The van der Waals surface area contributed by atoms with Crippen LogP contribution in [0.2, 0.25) is 0 Å². The van der Waals surface area contributed by atoms with E-state index in [1.54, 1.807) is 0 Å². The van der Waals surface area contributed by atoms with Crippen molar-refractivity contribution in [3.8, 4) is 0 Å². The van der Waals surface area contributed by atoms with E-state index in [9.17, 15) is 9.59 Å². The van der Waals surface area contributed by atoms with E-state index in [0.29, 0.717) is 12.8 Å². The Morgan fingerprint density at radius 1 is 0.583 bits per heavy atom. The molecule has 0 radical (unpaired) electrons. The highest BCUT2D eigenvalue weighted by Crippen LogP contribution is 2.28. The van der Waals surface area contributed by atoms with E-state index in [-0.39, 0.29) is 22.6 Å². The zero-order valence-corrected chi connectivity index (χ0v) is 16.5. The lowest BCUT2D eigenvalue weighted by Gasteiger charge is -2.22. The lowest BCUT2D eigenvalue weighted by Crippen LogP contribution is -2.22. The number of nitrogens with two attached hydrogens (primary N) is 2. The number of unbranched alkanes of at least 4 members (excludes halogenated alkanes) is 7. The van der Waals surface area contributed by atoms with Crippen LogP contribution in [0.15, 0.2) is 0 Å². The Balaban J connectivity index is 3.49.